The van der Waals surface area contributed by atoms with Crippen molar-refractivity contribution < 1.29 is 14.3 Å². The molecule has 26 heavy (non-hydrogen) atoms. The molecular formula is C18H17N3O3S2. The number of carbonyl (C=O) groups excluding carboxylic acids is 1. The second kappa shape index (κ2) is 7.13. The van der Waals surface area contributed by atoms with Gasteiger partial charge in [-0.2, -0.15) is 0 Å². The number of carbonyl (C=O) groups is 1. The Kier molecular flexibility index (Phi) is 4.69. The van der Waals surface area contributed by atoms with Crippen LogP contribution in [-0.2, 0) is 11.3 Å². The summed E-state index contributed by atoms with van der Waals surface area (Å²) in [6, 6.07) is 5.67. The fraction of sp³-hybridized carbons (Fsp3) is 0.278. The predicted molar refractivity (Wildman–Crippen MR) is 102 cm³/mol. The Bertz CT molecular complexity index is 987. The number of thioether (sulfide) groups is 1. The molecule has 0 bridgehead atoms. The minimum atomic E-state index is -0.0379. The van der Waals surface area contributed by atoms with Gasteiger partial charge in [-0.15, -0.1) is 11.3 Å². The van der Waals surface area contributed by atoms with Gasteiger partial charge in [0.05, 0.1) is 5.75 Å². The monoisotopic (exact) mass is 387 g/mol. The molecule has 0 spiro atoms. The van der Waals surface area contributed by atoms with Crippen molar-refractivity contribution in [1.82, 2.24) is 15.3 Å². The third-order valence-corrected chi connectivity index (χ3v) is 6.30. The van der Waals surface area contributed by atoms with E-state index in [9.17, 15) is 4.79 Å². The zero-order valence-corrected chi connectivity index (χ0v) is 16.0. The molecule has 4 rings (SSSR count). The van der Waals surface area contributed by atoms with Crippen LogP contribution in [0.15, 0.2) is 29.6 Å². The first-order valence-corrected chi connectivity index (χ1v) is 9.91. The van der Waals surface area contributed by atoms with E-state index >= 15 is 0 Å². The molecule has 3 heterocycles. The smallest absolute Gasteiger partial charge is 0.231 e. The summed E-state index contributed by atoms with van der Waals surface area (Å²) in [5, 5.41) is 4.85. The number of aromatic nitrogens is 2. The number of amides is 1. The summed E-state index contributed by atoms with van der Waals surface area (Å²) in [5.41, 5.74) is 2.16. The lowest BCUT2D eigenvalue weighted by Gasteiger charge is -2.07. The highest BCUT2D eigenvalue weighted by Crippen LogP contribution is 2.34. The molecule has 1 aliphatic heterocycles. The van der Waals surface area contributed by atoms with Crippen molar-refractivity contribution in [2.24, 2.45) is 0 Å². The van der Waals surface area contributed by atoms with Gasteiger partial charge >= 0.3 is 0 Å². The van der Waals surface area contributed by atoms with Gasteiger partial charge in [0.15, 0.2) is 11.5 Å². The van der Waals surface area contributed by atoms with Crippen molar-refractivity contribution in [1.29, 1.82) is 0 Å². The van der Waals surface area contributed by atoms with E-state index in [0.29, 0.717) is 12.3 Å². The summed E-state index contributed by atoms with van der Waals surface area (Å²) in [5.74, 6) is 1.73. The quantitative estimate of drug-likeness (QED) is 0.534. The largest absolute Gasteiger partial charge is 0.454 e. The van der Waals surface area contributed by atoms with Crippen LogP contribution >= 0.6 is 23.1 Å². The van der Waals surface area contributed by atoms with E-state index in [1.165, 1.54) is 22.2 Å². The van der Waals surface area contributed by atoms with Crippen molar-refractivity contribution in [3.63, 3.8) is 0 Å². The van der Waals surface area contributed by atoms with Crippen molar-refractivity contribution in [3.8, 4) is 11.5 Å². The molecule has 1 N–H and O–H groups in total. The van der Waals surface area contributed by atoms with Crippen molar-refractivity contribution in [3.05, 3.63) is 40.5 Å². The third-order valence-electron chi connectivity index (χ3n) is 4.20. The summed E-state index contributed by atoms with van der Waals surface area (Å²) in [6.45, 7) is 4.85. The molecule has 1 aliphatic rings. The normalized spacial score (nSPS) is 12.5. The number of aryl methyl sites for hydroxylation is 2. The van der Waals surface area contributed by atoms with Crippen LogP contribution in [0.3, 0.4) is 0 Å². The zero-order valence-electron chi connectivity index (χ0n) is 14.4. The number of thiophene rings is 1. The number of rotatable bonds is 5. The maximum atomic E-state index is 12.2. The molecule has 8 heteroatoms. The van der Waals surface area contributed by atoms with Crippen LogP contribution < -0.4 is 14.8 Å². The molecule has 2 aromatic heterocycles. The number of benzene rings is 1. The van der Waals surface area contributed by atoms with Gasteiger partial charge in [-0.05, 0) is 37.1 Å². The third kappa shape index (κ3) is 3.34. The van der Waals surface area contributed by atoms with Crippen LogP contribution in [-0.4, -0.2) is 28.4 Å². The van der Waals surface area contributed by atoms with Crippen LogP contribution in [0, 0.1) is 13.8 Å². The average Bonchev–Trinajstić information content (AvgIpc) is 3.22. The Morgan fingerprint density at radius 2 is 2.12 bits per heavy atom. The van der Waals surface area contributed by atoms with Crippen molar-refractivity contribution >= 4 is 39.2 Å². The number of nitrogens with zero attached hydrogens (tertiary/aromatic N) is 2. The number of nitrogens with one attached hydrogen (secondary N) is 1. The highest BCUT2D eigenvalue weighted by Gasteiger charge is 2.15. The lowest BCUT2D eigenvalue weighted by Crippen LogP contribution is -2.24. The van der Waals surface area contributed by atoms with Crippen molar-refractivity contribution in [2.45, 2.75) is 25.4 Å². The van der Waals surface area contributed by atoms with Crippen LogP contribution in [0.25, 0.3) is 10.2 Å². The van der Waals surface area contributed by atoms with Crippen LogP contribution in [0.4, 0.5) is 0 Å². The first kappa shape index (κ1) is 17.1. The van der Waals surface area contributed by atoms with E-state index in [2.05, 4.69) is 29.1 Å². The lowest BCUT2D eigenvalue weighted by atomic mass is 10.2. The Morgan fingerprint density at radius 3 is 3.00 bits per heavy atom. The second-order valence-electron chi connectivity index (χ2n) is 5.90. The molecule has 0 saturated heterocycles. The van der Waals surface area contributed by atoms with Gasteiger partial charge in [-0.3, -0.25) is 4.79 Å². The van der Waals surface area contributed by atoms with Gasteiger partial charge in [0, 0.05) is 16.8 Å². The molecular weight excluding hydrogens is 370 g/mol. The highest BCUT2D eigenvalue weighted by molar-refractivity contribution is 8.00. The molecule has 1 amide bonds. The van der Waals surface area contributed by atoms with Gasteiger partial charge in [-0.25, -0.2) is 9.97 Å². The Hall–Kier alpha value is -2.32. The molecule has 6 nitrogen and oxygen atoms in total. The molecule has 0 fully saturated rings. The zero-order chi connectivity index (χ0) is 18.1. The van der Waals surface area contributed by atoms with E-state index in [0.717, 1.165) is 32.3 Å². The number of hydrogen-bond donors (Lipinski definition) is 1. The summed E-state index contributed by atoms with van der Waals surface area (Å²) in [4.78, 5) is 23.1. The van der Waals surface area contributed by atoms with Gasteiger partial charge in [-0.1, -0.05) is 17.8 Å². The minimum absolute atomic E-state index is 0.0379. The standard InChI is InChI=1S/C18H17N3O3S2/c1-10-11(2)26-18-16(10)17(20-8-21-18)25-7-15(22)19-6-12-3-4-13-14(5-12)24-9-23-13/h3-5,8H,6-7,9H2,1-2H3,(H,19,22). The number of fused-ring (bicyclic) bond motifs is 2. The van der Waals surface area contributed by atoms with Gasteiger partial charge in [0.1, 0.15) is 16.2 Å². The van der Waals surface area contributed by atoms with Crippen LogP contribution in [0.2, 0.25) is 0 Å². The van der Waals surface area contributed by atoms with E-state index in [1.807, 2.05) is 18.2 Å². The fourth-order valence-corrected chi connectivity index (χ4v) is 4.64. The fourth-order valence-electron chi connectivity index (χ4n) is 2.70. The van der Waals surface area contributed by atoms with Gasteiger partial charge in [0.2, 0.25) is 12.7 Å². The summed E-state index contributed by atoms with van der Waals surface area (Å²) in [7, 11) is 0. The number of ether oxygens (including phenoxy) is 2. The lowest BCUT2D eigenvalue weighted by molar-refractivity contribution is -0.118. The Labute approximate surface area is 158 Å². The van der Waals surface area contributed by atoms with Crippen molar-refractivity contribution in [2.75, 3.05) is 12.5 Å². The molecule has 0 saturated carbocycles. The van der Waals surface area contributed by atoms with E-state index in [1.54, 1.807) is 17.7 Å². The topological polar surface area (TPSA) is 73.3 Å². The van der Waals surface area contributed by atoms with Crippen LogP contribution in [0.1, 0.15) is 16.0 Å². The Morgan fingerprint density at radius 1 is 1.27 bits per heavy atom. The molecule has 0 radical (unpaired) electrons. The predicted octanol–water partition coefficient (Wildman–Crippen LogP) is 3.45. The second-order valence-corrected chi connectivity index (χ2v) is 8.06. The van der Waals surface area contributed by atoms with Gasteiger partial charge in [0.25, 0.3) is 0 Å². The van der Waals surface area contributed by atoms with E-state index in [4.69, 9.17) is 9.47 Å². The van der Waals surface area contributed by atoms with Crippen LogP contribution in [0.5, 0.6) is 11.5 Å². The van der Waals surface area contributed by atoms with Gasteiger partial charge < -0.3 is 14.8 Å². The maximum Gasteiger partial charge on any atom is 0.231 e. The Balaban J connectivity index is 1.37. The highest BCUT2D eigenvalue weighted by atomic mass is 32.2. The molecule has 0 aliphatic carbocycles. The molecule has 0 atom stereocenters. The molecule has 1 aromatic carbocycles. The first-order valence-electron chi connectivity index (χ1n) is 8.10. The number of hydrogen-bond acceptors (Lipinski definition) is 7. The summed E-state index contributed by atoms with van der Waals surface area (Å²) in [6.07, 6.45) is 1.56. The average molecular weight is 387 g/mol. The van der Waals surface area contributed by atoms with E-state index < -0.39 is 0 Å². The summed E-state index contributed by atoms with van der Waals surface area (Å²) >= 11 is 3.10. The first-order chi connectivity index (χ1) is 12.6. The minimum Gasteiger partial charge on any atom is -0.454 e. The maximum absolute atomic E-state index is 12.2. The molecule has 134 valence electrons. The molecule has 0 unspecified atom stereocenters. The summed E-state index contributed by atoms with van der Waals surface area (Å²) < 4.78 is 10.6. The molecule has 3 aromatic rings. The van der Waals surface area contributed by atoms with E-state index in [-0.39, 0.29) is 12.7 Å². The SMILES string of the molecule is Cc1sc2ncnc(SCC(=O)NCc3ccc4c(c3)OCO4)c2c1C.